The van der Waals surface area contributed by atoms with Crippen LogP contribution in [-0.4, -0.2) is 18.3 Å². The monoisotopic (exact) mass is 337 g/mol. The number of hydrogen-bond acceptors (Lipinski definition) is 5. The molecule has 0 atom stereocenters. The van der Waals surface area contributed by atoms with Crippen molar-refractivity contribution >= 4 is 22.7 Å². The fourth-order valence-electron chi connectivity index (χ4n) is 2.22. The highest BCUT2D eigenvalue weighted by Gasteiger charge is 2.03. The zero-order valence-corrected chi connectivity index (χ0v) is 14.5. The summed E-state index contributed by atoms with van der Waals surface area (Å²) in [6, 6.07) is 16.2. The average Bonchev–Trinajstić information content (AvgIpc) is 3.11. The Kier molecular flexibility index (Phi) is 5.23. The maximum absolute atomic E-state index is 5.13. The summed E-state index contributed by atoms with van der Waals surface area (Å²) in [4.78, 5) is 4.57. The largest absolute Gasteiger partial charge is 0.497 e. The molecule has 0 spiro atoms. The molecule has 0 amide bonds. The van der Waals surface area contributed by atoms with Gasteiger partial charge in [0, 0.05) is 10.9 Å². The minimum absolute atomic E-state index is 0.773. The van der Waals surface area contributed by atoms with Crippen LogP contribution in [0.2, 0.25) is 0 Å². The number of aryl methyl sites for hydroxylation is 1. The van der Waals surface area contributed by atoms with Gasteiger partial charge in [0.15, 0.2) is 0 Å². The van der Waals surface area contributed by atoms with Crippen molar-refractivity contribution in [1.29, 1.82) is 0 Å². The Morgan fingerprint density at radius 3 is 2.54 bits per heavy atom. The molecule has 5 heteroatoms. The quantitative estimate of drug-likeness (QED) is 0.518. The second kappa shape index (κ2) is 7.75. The highest BCUT2D eigenvalue weighted by molar-refractivity contribution is 7.14. The lowest BCUT2D eigenvalue weighted by molar-refractivity contribution is 0.415. The van der Waals surface area contributed by atoms with E-state index in [-0.39, 0.29) is 0 Å². The summed E-state index contributed by atoms with van der Waals surface area (Å²) in [5.74, 6) is 0.832. The van der Waals surface area contributed by atoms with Gasteiger partial charge in [-0.2, -0.15) is 5.10 Å². The zero-order chi connectivity index (χ0) is 16.8. The van der Waals surface area contributed by atoms with Crippen LogP contribution in [0.3, 0.4) is 0 Å². The number of nitrogens with one attached hydrogen (secondary N) is 1. The number of anilines is 1. The first-order valence-electron chi connectivity index (χ1n) is 7.76. The molecule has 24 heavy (non-hydrogen) atoms. The Balaban J connectivity index is 1.63. The van der Waals surface area contributed by atoms with Gasteiger partial charge < -0.3 is 4.74 Å². The molecule has 3 aromatic rings. The standard InChI is InChI=1S/C19H19N3OS/c1-3-14-4-8-16(9-5-14)18-13-24-19(21-18)22-20-12-15-6-10-17(23-2)11-7-15/h4-13H,3H2,1-2H3,(H,21,22)/b20-12+. The van der Waals surface area contributed by atoms with E-state index in [0.29, 0.717) is 0 Å². The van der Waals surface area contributed by atoms with Gasteiger partial charge in [-0.3, -0.25) is 5.43 Å². The Labute approximate surface area is 145 Å². The normalized spacial score (nSPS) is 10.9. The number of ether oxygens (including phenoxy) is 1. The van der Waals surface area contributed by atoms with Gasteiger partial charge in [-0.25, -0.2) is 4.98 Å². The first-order chi connectivity index (χ1) is 11.8. The van der Waals surface area contributed by atoms with Crippen LogP contribution in [0.1, 0.15) is 18.1 Å². The second-order valence-electron chi connectivity index (χ2n) is 5.23. The first-order valence-corrected chi connectivity index (χ1v) is 8.64. The highest BCUT2D eigenvalue weighted by atomic mass is 32.1. The second-order valence-corrected chi connectivity index (χ2v) is 6.09. The summed E-state index contributed by atoms with van der Waals surface area (Å²) in [5.41, 5.74) is 7.39. The van der Waals surface area contributed by atoms with Gasteiger partial charge in [-0.05, 0) is 41.8 Å². The van der Waals surface area contributed by atoms with Crippen molar-refractivity contribution in [3.8, 4) is 17.0 Å². The topological polar surface area (TPSA) is 46.5 Å². The zero-order valence-electron chi connectivity index (χ0n) is 13.7. The Morgan fingerprint density at radius 2 is 1.88 bits per heavy atom. The number of benzene rings is 2. The van der Waals surface area contributed by atoms with Gasteiger partial charge in [0.2, 0.25) is 5.13 Å². The van der Waals surface area contributed by atoms with Gasteiger partial charge in [0.25, 0.3) is 0 Å². The third-order valence-corrected chi connectivity index (χ3v) is 4.40. The van der Waals surface area contributed by atoms with E-state index in [1.807, 2.05) is 29.6 Å². The van der Waals surface area contributed by atoms with Crippen LogP contribution in [0, 0.1) is 0 Å². The minimum atomic E-state index is 0.773. The van der Waals surface area contributed by atoms with E-state index < -0.39 is 0 Å². The van der Waals surface area contributed by atoms with Crippen molar-refractivity contribution in [3.05, 3.63) is 65.0 Å². The predicted molar refractivity (Wildman–Crippen MR) is 101 cm³/mol. The van der Waals surface area contributed by atoms with Crippen LogP contribution < -0.4 is 10.2 Å². The van der Waals surface area contributed by atoms with Gasteiger partial charge in [0.1, 0.15) is 5.75 Å². The van der Waals surface area contributed by atoms with Crippen molar-refractivity contribution in [2.24, 2.45) is 5.10 Å². The van der Waals surface area contributed by atoms with E-state index in [1.165, 1.54) is 16.9 Å². The summed E-state index contributed by atoms with van der Waals surface area (Å²) >= 11 is 1.54. The molecule has 1 heterocycles. The molecule has 0 unspecified atom stereocenters. The number of nitrogens with zero attached hydrogens (tertiary/aromatic N) is 2. The van der Waals surface area contributed by atoms with Crippen LogP contribution in [0.25, 0.3) is 11.3 Å². The van der Waals surface area contributed by atoms with Crippen LogP contribution in [-0.2, 0) is 6.42 Å². The molecule has 1 N–H and O–H groups in total. The summed E-state index contributed by atoms with van der Waals surface area (Å²) in [7, 11) is 1.65. The fraction of sp³-hybridized carbons (Fsp3) is 0.158. The van der Waals surface area contributed by atoms with E-state index in [1.54, 1.807) is 13.3 Å². The predicted octanol–water partition coefficient (Wildman–Crippen LogP) is 4.83. The third-order valence-electron chi connectivity index (χ3n) is 3.65. The molecular weight excluding hydrogens is 318 g/mol. The number of thiazole rings is 1. The van der Waals surface area contributed by atoms with E-state index in [9.17, 15) is 0 Å². The molecule has 0 fully saturated rings. The van der Waals surface area contributed by atoms with E-state index in [4.69, 9.17) is 4.74 Å². The van der Waals surface area contributed by atoms with Crippen molar-refractivity contribution in [1.82, 2.24) is 4.98 Å². The number of hydrazone groups is 1. The maximum atomic E-state index is 5.13. The van der Waals surface area contributed by atoms with E-state index in [0.717, 1.165) is 34.1 Å². The average molecular weight is 337 g/mol. The Hall–Kier alpha value is -2.66. The summed E-state index contributed by atoms with van der Waals surface area (Å²) in [6.45, 7) is 2.15. The molecule has 0 saturated carbocycles. The lowest BCUT2D eigenvalue weighted by Crippen LogP contribution is -1.90. The molecule has 0 aliphatic carbocycles. The molecule has 1 aromatic heterocycles. The molecule has 4 nitrogen and oxygen atoms in total. The Morgan fingerprint density at radius 1 is 1.12 bits per heavy atom. The molecule has 0 bridgehead atoms. The molecule has 0 aliphatic rings. The number of hydrogen-bond donors (Lipinski definition) is 1. The Bertz CT molecular complexity index is 807. The smallest absolute Gasteiger partial charge is 0.203 e. The first kappa shape index (κ1) is 16.2. The van der Waals surface area contributed by atoms with Crippen LogP contribution >= 0.6 is 11.3 Å². The SMILES string of the molecule is CCc1ccc(-c2csc(N/N=C/c3ccc(OC)cc3)n2)cc1. The van der Waals surface area contributed by atoms with E-state index in [2.05, 4.69) is 46.7 Å². The summed E-state index contributed by atoms with van der Waals surface area (Å²) in [6.07, 6.45) is 2.81. The molecule has 0 saturated heterocycles. The number of methoxy groups -OCH3 is 1. The van der Waals surface area contributed by atoms with Gasteiger partial charge >= 0.3 is 0 Å². The third kappa shape index (κ3) is 4.00. The molecule has 3 rings (SSSR count). The van der Waals surface area contributed by atoms with Crippen molar-refractivity contribution in [3.63, 3.8) is 0 Å². The van der Waals surface area contributed by atoms with E-state index >= 15 is 0 Å². The van der Waals surface area contributed by atoms with Crippen molar-refractivity contribution in [2.75, 3.05) is 12.5 Å². The van der Waals surface area contributed by atoms with Gasteiger partial charge in [-0.1, -0.05) is 31.2 Å². The van der Waals surface area contributed by atoms with Gasteiger partial charge in [0.05, 0.1) is 19.0 Å². The van der Waals surface area contributed by atoms with Crippen LogP contribution in [0.5, 0.6) is 5.75 Å². The van der Waals surface area contributed by atoms with Crippen molar-refractivity contribution < 1.29 is 4.74 Å². The van der Waals surface area contributed by atoms with Crippen LogP contribution in [0.4, 0.5) is 5.13 Å². The number of aromatic nitrogens is 1. The lowest BCUT2D eigenvalue weighted by atomic mass is 10.1. The van der Waals surface area contributed by atoms with Crippen LogP contribution in [0.15, 0.2) is 59.0 Å². The fourth-order valence-corrected chi connectivity index (χ4v) is 2.89. The lowest BCUT2D eigenvalue weighted by Gasteiger charge is -1.99. The molecular formula is C19H19N3OS. The van der Waals surface area contributed by atoms with Gasteiger partial charge in [-0.15, -0.1) is 11.3 Å². The summed E-state index contributed by atoms with van der Waals surface area (Å²) in [5, 5.41) is 7.04. The summed E-state index contributed by atoms with van der Waals surface area (Å²) < 4.78 is 5.13. The van der Waals surface area contributed by atoms with Crippen molar-refractivity contribution in [2.45, 2.75) is 13.3 Å². The molecule has 2 aromatic carbocycles. The molecule has 0 aliphatic heterocycles. The minimum Gasteiger partial charge on any atom is -0.497 e. The maximum Gasteiger partial charge on any atom is 0.203 e. The molecule has 122 valence electrons. The highest BCUT2D eigenvalue weighted by Crippen LogP contribution is 2.25. The number of rotatable bonds is 6. The molecule has 0 radical (unpaired) electrons.